The van der Waals surface area contributed by atoms with Crippen LogP contribution in [0.25, 0.3) is 21.8 Å². The van der Waals surface area contributed by atoms with Crippen molar-refractivity contribution in [3.05, 3.63) is 70.8 Å². The fraction of sp³-hybridized carbons (Fsp3) is 0.382. The quantitative estimate of drug-likeness (QED) is 0.0849. The molecule has 0 radical (unpaired) electrons. The molecule has 0 N–H and O–H groups in total. The average molecular weight is 588 g/mol. The third kappa shape index (κ3) is 8.00. The number of benzene rings is 3. The van der Waals surface area contributed by atoms with E-state index in [0.29, 0.717) is 74.5 Å². The number of methoxy groups -OCH3 is 1. The molecule has 43 heavy (non-hydrogen) atoms. The van der Waals surface area contributed by atoms with Crippen molar-refractivity contribution in [2.75, 3.05) is 61.6 Å². The van der Waals surface area contributed by atoms with Crippen LogP contribution < -0.4 is 14.2 Å². The number of aromatic nitrogens is 1. The van der Waals surface area contributed by atoms with Crippen molar-refractivity contribution in [2.24, 2.45) is 0 Å². The molecule has 0 aliphatic rings. The molecule has 0 saturated heterocycles. The van der Waals surface area contributed by atoms with Crippen LogP contribution in [-0.2, 0) is 4.74 Å². The highest BCUT2D eigenvalue weighted by Crippen LogP contribution is 2.34. The molecule has 4 aromatic rings. The molecule has 0 fully saturated rings. The van der Waals surface area contributed by atoms with Crippen LogP contribution in [0.5, 0.6) is 17.2 Å². The van der Waals surface area contributed by atoms with Gasteiger partial charge in [0.2, 0.25) is 0 Å². The Kier molecular flexibility index (Phi) is 10.6. The Hall–Kier alpha value is -4.21. The zero-order valence-electron chi connectivity index (χ0n) is 26.2. The first-order valence-corrected chi connectivity index (χ1v) is 14.4. The Bertz CT molecular complexity index is 1520. The van der Waals surface area contributed by atoms with Crippen molar-refractivity contribution in [1.29, 1.82) is 0 Å². The number of ether oxygens (including phenoxy) is 4. The number of esters is 2. The standard InChI is InChI=1S/C34H41N3O6/c1-22-18-24(33(38)40-7)19-23(2)32(22)43-34(39)31-27-20-25(41-16-8-14-36(3)4)10-12-29(27)35-30-13-11-26(21-28(30)31)42-17-9-15-37(5)6/h10-13,18-21H,8-9,14-17H2,1-7H3. The lowest BCUT2D eigenvalue weighted by molar-refractivity contribution is 0.0600. The number of fused-ring (bicyclic) bond motifs is 2. The second-order valence-electron chi connectivity index (χ2n) is 11.2. The summed E-state index contributed by atoms with van der Waals surface area (Å²) in [5, 5.41) is 1.24. The third-order valence-electron chi connectivity index (χ3n) is 7.03. The molecule has 0 bridgehead atoms. The number of aryl methyl sites for hydroxylation is 2. The Balaban J connectivity index is 1.76. The highest BCUT2D eigenvalue weighted by Gasteiger charge is 2.22. The smallest absolute Gasteiger partial charge is 0.344 e. The number of rotatable bonds is 13. The van der Waals surface area contributed by atoms with Crippen molar-refractivity contribution in [3.63, 3.8) is 0 Å². The van der Waals surface area contributed by atoms with E-state index in [0.717, 1.165) is 25.9 Å². The number of hydrogen-bond acceptors (Lipinski definition) is 9. The maximum Gasteiger partial charge on any atom is 0.344 e. The number of pyridine rings is 1. The summed E-state index contributed by atoms with van der Waals surface area (Å²) in [7, 11) is 9.43. The summed E-state index contributed by atoms with van der Waals surface area (Å²) in [5.74, 6) is 0.693. The lowest BCUT2D eigenvalue weighted by atomic mass is 10.0. The van der Waals surface area contributed by atoms with Gasteiger partial charge in [-0.1, -0.05) is 0 Å². The molecule has 0 atom stereocenters. The molecule has 4 rings (SSSR count). The van der Waals surface area contributed by atoms with Crippen LogP contribution in [0.15, 0.2) is 48.5 Å². The summed E-state index contributed by atoms with van der Waals surface area (Å²) in [6.45, 7) is 6.49. The normalized spacial score (nSPS) is 11.4. The van der Waals surface area contributed by atoms with Crippen LogP contribution in [0.3, 0.4) is 0 Å². The van der Waals surface area contributed by atoms with Crippen molar-refractivity contribution < 1.29 is 28.5 Å². The van der Waals surface area contributed by atoms with Gasteiger partial charge in [0.15, 0.2) is 0 Å². The van der Waals surface area contributed by atoms with E-state index >= 15 is 0 Å². The first-order valence-electron chi connectivity index (χ1n) is 14.4. The van der Waals surface area contributed by atoms with Crippen LogP contribution in [0.2, 0.25) is 0 Å². The number of hydrogen-bond donors (Lipinski definition) is 0. The van der Waals surface area contributed by atoms with Crippen LogP contribution in [0, 0.1) is 13.8 Å². The average Bonchev–Trinajstić information content (AvgIpc) is 2.97. The second kappa shape index (κ2) is 14.3. The monoisotopic (exact) mass is 587 g/mol. The van der Waals surface area contributed by atoms with Crippen LogP contribution in [0.1, 0.15) is 44.7 Å². The molecule has 0 amide bonds. The first kappa shape index (κ1) is 31.7. The molecule has 0 unspecified atom stereocenters. The lowest BCUT2D eigenvalue weighted by Crippen LogP contribution is -2.15. The van der Waals surface area contributed by atoms with Gasteiger partial charge in [-0.2, -0.15) is 0 Å². The molecule has 0 spiro atoms. The molecule has 3 aromatic carbocycles. The van der Waals surface area contributed by atoms with Gasteiger partial charge in [0, 0.05) is 23.9 Å². The molecule has 9 heteroatoms. The molecule has 9 nitrogen and oxygen atoms in total. The highest BCUT2D eigenvalue weighted by molar-refractivity contribution is 6.15. The Labute approximate surface area is 253 Å². The topological polar surface area (TPSA) is 90.4 Å². The van der Waals surface area contributed by atoms with E-state index in [-0.39, 0.29) is 0 Å². The first-order chi connectivity index (χ1) is 20.6. The van der Waals surface area contributed by atoms with Crippen molar-refractivity contribution in [3.8, 4) is 17.2 Å². The molecule has 228 valence electrons. The predicted octanol–water partition coefficient (Wildman–Crippen LogP) is 5.67. The van der Waals surface area contributed by atoms with Crippen molar-refractivity contribution in [2.45, 2.75) is 26.7 Å². The van der Waals surface area contributed by atoms with Crippen LogP contribution in [0.4, 0.5) is 0 Å². The lowest BCUT2D eigenvalue weighted by Gasteiger charge is -2.16. The van der Waals surface area contributed by atoms with E-state index in [1.165, 1.54) is 7.11 Å². The van der Waals surface area contributed by atoms with E-state index in [9.17, 15) is 9.59 Å². The summed E-state index contributed by atoms with van der Waals surface area (Å²) in [6, 6.07) is 14.5. The minimum Gasteiger partial charge on any atom is -0.494 e. The maximum atomic E-state index is 14.1. The van der Waals surface area contributed by atoms with E-state index in [1.807, 2.05) is 64.6 Å². The van der Waals surface area contributed by atoms with Gasteiger partial charge in [0.1, 0.15) is 17.2 Å². The van der Waals surface area contributed by atoms with E-state index in [4.69, 9.17) is 23.9 Å². The summed E-state index contributed by atoms with van der Waals surface area (Å²) in [4.78, 5) is 35.3. The Morgan fingerprint density at radius 2 is 1.21 bits per heavy atom. The molecular weight excluding hydrogens is 546 g/mol. The number of carbonyl (C=O) groups excluding carboxylic acids is 2. The van der Waals surface area contributed by atoms with E-state index in [2.05, 4.69) is 9.80 Å². The van der Waals surface area contributed by atoms with Crippen LogP contribution >= 0.6 is 0 Å². The summed E-state index contributed by atoms with van der Waals surface area (Å²) < 4.78 is 23.0. The fourth-order valence-electron chi connectivity index (χ4n) is 4.93. The van der Waals surface area contributed by atoms with Gasteiger partial charge in [-0.25, -0.2) is 14.6 Å². The largest absolute Gasteiger partial charge is 0.494 e. The van der Waals surface area contributed by atoms with Gasteiger partial charge in [-0.3, -0.25) is 0 Å². The zero-order chi connectivity index (χ0) is 31.1. The van der Waals surface area contributed by atoms with Crippen LogP contribution in [-0.4, -0.2) is 88.3 Å². The number of carbonyl (C=O) groups is 2. The molecule has 1 heterocycles. The van der Waals surface area contributed by atoms with Gasteiger partial charge < -0.3 is 28.7 Å². The van der Waals surface area contributed by atoms with Crippen molar-refractivity contribution in [1.82, 2.24) is 14.8 Å². The second-order valence-corrected chi connectivity index (χ2v) is 11.2. The highest BCUT2D eigenvalue weighted by atomic mass is 16.5. The zero-order valence-corrected chi connectivity index (χ0v) is 26.2. The Morgan fingerprint density at radius 3 is 1.65 bits per heavy atom. The van der Waals surface area contributed by atoms with Gasteiger partial charge in [0.25, 0.3) is 0 Å². The van der Waals surface area contributed by atoms with Gasteiger partial charge in [-0.15, -0.1) is 0 Å². The van der Waals surface area contributed by atoms with Gasteiger partial charge in [-0.05, 0) is 115 Å². The summed E-state index contributed by atoms with van der Waals surface area (Å²) in [6.07, 6.45) is 1.73. The molecule has 0 aliphatic heterocycles. The third-order valence-corrected chi connectivity index (χ3v) is 7.03. The molecule has 1 aromatic heterocycles. The minimum absolute atomic E-state index is 0.369. The van der Waals surface area contributed by atoms with Gasteiger partial charge >= 0.3 is 11.9 Å². The minimum atomic E-state index is -0.538. The predicted molar refractivity (Wildman–Crippen MR) is 169 cm³/mol. The Morgan fingerprint density at radius 1 is 0.721 bits per heavy atom. The summed E-state index contributed by atoms with van der Waals surface area (Å²) >= 11 is 0. The molecule has 0 saturated carbocycles. The number of nitrogens with zero attached hydrogens (tertiary/aromatic N) is 3. The molecule has 0 aliphatic carbocycles. The van der Waals surface area contributed by atoms with E-state index in [1.54, 1.807) is 26.0 Å². The van der Waals surface area contributed by atoms with Crippen molar-refractivity contribution >= 4 is 33.7 Å². The van der Waals surface area contributed by atoms with Gasteiger partial charge in [0.05, 0.1) is 42.5 Å². The summed E-state index contributed by atoms with van der Waals surface area (Å²) in [5.41, 5.74) is 3.35. The molecular formula is C34H41N3O6. The SMILES string of the molecule is COC(=O)c1cc(C)c(OC(=O)c2c3cc(OCCCN(C)C)ccc3nc3ccc(OCCCN(C)C)cc23)c(C)c1. The maximum absolute atomic E-state index is 14.1. The van der Waals surface area contributed by atoms with E-state index < -0.39 is 11.9 Å². The fourth-order valence-corrected chi connectivity index (χ4v) is 4.93.